The Balaban J connectivity index is 2.45. The van der Waals surface area contributed by atoms with Crippen LogP contribution in [0.3, 0.4) is 0 Å². The number of hydrogen-bond acceptors (Lipinski definition) is 2. The van der Waals surface area contributed by atoms with Crippen LogP contribution in [-0.4, -0.2) is 20.4 Å². The van der Waals surface area contributed by atoms with Crippen LogP contribution in [0.1, 0.15) is 45.5 Å². The van der Waals surface area contributed by atoms with Gasteiger partial charge >= 0.3 is 0 Å². The maximum Gasteiger partial charge on any atom is 0.160 e. The zero-order chi connectivity index (χ0) is 14.7. The fraction of sp³-hybridized carbons (Fsp3) is 0.600. The summed E-state index contributed by atoms with van der Waals surface area (Å²) in [5, 5.41) is 0. The second-order valence-corrected chi connectivity index (χ2v) is 6.73. The molecule has 3 nitrogen and oxygen atoms in total. The van der Waals surface area contributed by atoms with Crippen LogP contribution in [0.2, 0.25) is 0 Å². The highest BCUT2D eigenvalue weighted by atomic mass is 79.9. The molecule has 0 N–H and O–H groups in total. The molecule has 0 aliphatic heterocycles. The van der Waals surface area contributed by atoms with Gasteiger partial charge in [-0.3, -0.25) is 0 Å². The highest BCUT2D eigenvalue weighted by Crippen LogP contribution is 2.27. The van der Waals surface area contributed by atoms with Crippen LogP contribution in [0.4, 0.5) is 0 Å². The van der Waals surface area contributed by atoms with E-state index in [1.807, 2.05) is 12.3 Å². The SMILES string of the molecule is CCC(C)CC(C)n1c(CCCl)nc2cc(Br)cnc21. The van der Waals surface area contributed by atoms with Crippen molar-refractivity contribution < 1.29 is 0 Å². The number of halogens is 2. The summed E-state index contributed by atoms with van der Waals surface area (Å²) in [7, 11) is 0. The molecule has 20 heavy (non-hydrogen) atoms. The molecule has 0 radical (unpaired) electrons. The second kappa shape index (κ2) is 6.90. The van der Waals surface area contributed by atoms with Crippen LogP contribution < -0.4 is 0 Å². The third-order valence-corrected chi connectivity index (χ3v) is 4.39. The third-order valence-electron chi connectivity index (χ3n) is 3.77. The van der Waals surface area contributed by atoms with E-state index in [2.05, 4.69) is 46.3 Å². The van der Waals surface area contributed by atoms with Gasteiger partial charge in [0.05, 0.1) is 0 Å². The van der Waals surface area contributed by atoms with Crippen molar-refractivity contribution in [2.45, 2.75) is 46.1 Å². The van der Waals surface area contributed by atoms with Crippen molar-refractivity contribution in [3.05, 3.63) is 22.6 Å². The first-order valence-corrected chi connectivity index (χ1v) is 8.47. The normalized spacial score (nSPS) is 14.7. The molecule has 2 rings (SSSR count). The lowest BCUT2D eigenvalue weighted by Gasteiger charge is -2.20. The van der Waals surface area contributed by atoms with Crippen molar-refractivity contribution in [2.75, 3.05) is 5.88 Å². The van der Waals surface area contributed by atoms with E-state index in [0.29, 0.717) is 17.8 Å². The quantitative estimate of drug-likeness (QED) is 0.682. The number of pyridine rings is 1. The largest absolute Gasteiger partial charge is 0.310 e. The molecule has 0 amide bonds. The van der Waals surface area contributed by atoms with E-state index in [9.17, 15) is 0 Å². The lowest BCUT2D eigenvalue weighted by atomic mass is 10.00. The number of imidazole rings is 1. The van der Waals surface area contributed by atoms with E-state index in [-0.39, 0.29) is 0 Å². The van der Waals surface area contributed by atoms with Gasteiger partial charge in [-0.15, -0.1) is 11.6 Å². The van der Waals surface area contributed by atoms with Crippen molar-refractivity contribution in [1.82, 2.24) is 14.5 Å². The molecular formula is C15H21BrClN3. The van der Waals surface area contributed by atoms with Crippen LogP contribution in [0.25, 0.3) is 11.2 Å². The summed E-state index contributed by atoms with van der Waals surface area (Å²) in [6.45, 7) is 6.77. The van der Waals surface area contributed by atoms with Crippen LogP contribution in [0.15, 0.2) is 16.7 Å². The molecule has 0 fully saturated rings. The standard InChI is InChI=1S/C15H21BrClN3/c1-4-10(2)7-11(3)20-14(5-6-17)19-13-8-12(16)9-18-15(13)20/h8-11H,4-7H2,1-3H3. The Hall–Kier alpha value is -0.610. The highest BCUT2D eigenvalue weighted by Gasteiger charge is 2.18. The van der Waals surface area contributed by atoms with E-state index in [1.165, 1.54) is 6.42 Å². The molecule has 0 aliphatic carbocycles. The smallest absolute Gasteiger partial charge is 0.160 e. The molecule has 2 aromatic heterocycles. The predicted octanol–water partition coefficient (Wildman–Crippen LogP) is 4.97. The lowest BCUT2D eigenvalue weighted by molar-refractivity contribution is 0.396. The first-order valence-electron chi connectivity index (χ1n) is 7.15. The van der Waals surface area contributed by atoms with Gasteiger partial charge in [0.1, 0.15) is 11.3 Å². The minimum atomic E-state index is 0.391. The zero-order valence-corrected chi connectivity index (χ0v) is 14.6. The molecule has 0 saturated heterocycles. The topological polar surface area (TPSA) is 30.7 Å². The van der Waals surface area contributed by atoms with Crippen LogP contribution in [0.5, 0.6) is 0 Å². The van der Waals surface area contributed by atoms with Gasteiger partial charge in [0.2, 0.25) is 0 Å². The first kappa shape index (κ1) is 15.8. The fourth-order valence-corrected chi connectivity index (χ4v) is 3.07. The van der Waals surface area contributed by atoms with E-state index >= 15 is 0 Å². The molecule has 110 valence electrons. The minimum absolute atomic E-state index is 0.391. The van der Waals surface area contributed by atoms with Crippen molar-refractivity contribution in [2.24, 2.45) is 5.92 Å². The molecule has 5 heteroatoms. The van der Waals surface area contributed by atoms with Gasteiger partial charge in [-0.25, -0.2) is 9.97 Å². The minimum Gasteiger partial charge on any atom is -0.310 e. The van der Waals surface area contributed by atoms with Gasteiger partial charge < -0.3 is 4.57 Å². The molecule has 0 saturated carbocycles. The predicted molar refractivity (Wildman–Crippen MR) is 88.4 cm³/mol. The van der Waals surface area contributed by atoms with Gasteiger partial charge in [0, 0.05) is 29.0 Å². The number of aryl methyl sites for hydroxylation is 1. The molecule has 2 aromatic rings. The molecule has 0 aliphatic rings. The Morgan fingerprint density at radius 2 is 2.15 bits per heavy atom. The van der Waals surface area contributed by atoms with Gasteiger partial charge in [0.25, 0.3) is 0 Å². The number of fused-ring (bicyclic) bond motifs is 1. The monoisotopic (exact) mass is 357 g/mol. The van der Waals surface area contributed by atoms with Gasteiger partial charge in [-0.1, -0.05) is 20.3 Å². The molecule has 0 bridgehead atoms. The summed E-state index contributed by atoms with van der Waals surface area (Å²) in [5.41, 5.74) is 1.90. The highest BCUT2D eigenvalue weighted by molar-refractivity contribution is 9.10. The lowest BCUT2D eigenvalue weighted by Crippen LogP contribution is -2.13. The zero-order valence-electron chi connectivity index (χ0n) is 12.2. The first-order chi connectivity index (χ1) is 9.56. The average molecular weight is 359 g/mol. The molecular weight excluding hydrogens is 338 g/mol. The number of alkyl halides is 1. The van der Waals surface area contributed by atoms with E-state index in [0.717, 1.165) is 34.3 Å². The molecule has 0 aromatic carbocycles. The Labute approximate surface area is 133 Å². The number of hydrogen-bond donors (Lipinski definition) is 0. The third kappa shape index (κ3) is 3.34. The molecule has 2 atom stereocenters. The fourth-order valence-electron chi connectivity index (χ4n) is 2.58. The maximum absolute atomic E-state index is 5.92. The molecule has 2 heterocycles. The maximum atomic E-state index is 5.92. The van der Waals surface area contributed by atoms with Crippen molar-refractivity contribution in [3.8, 4) is 0 Å². The van der Waals surface area contributed by atoms with Crippen molar-refractivity contribution in [1.29, 1.82) is 0 Å². The summed E-state index contributed by atoms with van der Waals surface area (Å²) in [6.07, 6.45) is 4.94. The van der Waals surface area contributed by atoms with Gasteiger partial charge in [-0.2, -0.15) is 0 Å². The summed E-state index contributed by atoms with van der Waals surface area (Å²) in [6, 6.07) is 2.41. The average Bonchev–Trinajstić information content (AvgIpc) is 2.76. The summed E-state index contributed by atoms with van der Waals surface area (Å²) >= 11 is 9.38. The Morgan fingerprint density at radius 3 is 2.80 bits per heavy atom. The Morgan fingerprint density at radius 1 is 1.40 bits per heavy atom. The van der Waals surface area contributed by atoms with Gasteiger partial charge in [0.15, 0.2) is 5.65 Å². The summed E-state index contributed by atoms with van der Waals surface area (Å²) < 4.78 is 3.22. The van der Waals surface area contributed by atoms with Crippen LogP contribution >= 0.6 is 27.5 Å². The summed E-state index contributed by atoms with van der Waals surface area (Å²) in [4.78, 5) is 9.25. The van der Waals surface area contributed by atoms with Crippen molar-refractivity contribution in [3.63, 3.8) is 0 Å². The Bertz CT molecular complexity index is 582. The van der Waals surface area contributed by atoms with Crippen LogP contribution in [-0.2, 0) is 6.42 Å². The molecule has 0 spiro atoms. The van der Waals surface area contributed by atoms with E-state index in [4.69, 9.17) is 16.6 Å². The van der Waals surface area contributed by atoms with E-state index < -0.39 is 0 Å². The van der Waals surface area contributed by atoms with Crippen LogP contribution in [0, 0.1) is 5.92 Å². The van der Waals surface area contributed by atoms with Crippen molar-refractivity contribution >= 4 is 38.7 Å². The molecule has 2 unspecified atom stereocenters. The Kier molecular flexibility index (Phi) is 5.44. The number of rotatable bonds is 6. The number of nitrogens with zero attached hydrogens (tertiary/aromatic N) is 3. The second-order valence-electron chi connectivity index (χ2n) is 5.43. The van der Waals surface area contributed by atoms with E-state index in [1.54, 1.807) is 0 Å². The summed E-state index contributed by atoms with van der Waals surface area (Å²) in [5.74, 6) is 2.32. The number of aromatic nitrogens is 3. The van der Waals surface area contributed by atoms with Gasteiger partial charge in [-0.05, 0) is 41.3 Å².